The molecule has 3 heteroatoms. The number of hydrogen-bond donors (Lipinski definition) is 1. The van der Waals surface area contributed by atoms with Crippen LogP contribution in [-0.2, 0) is 6.42 Å². The van der Waals surface area contributed by atoms with Gasteiger partial charge >= 0.3 is 0 Å². The molecular formula is C12H21N3. The number of nitrogens with one attached hydrogen (secondary N) is 1. The average molecular weight is 207 g/mol. The van der Waals surface area contributed by atoms with Crippen LogP contribution in [0.1, 0.15) is 44.6 Å². The van der Waals surface area contributed by atoms with Gasteiger partial charge in [0.2, 0.25) is 0 Å². The number of nitrogens with zero attached hydrogens (tertiary/aromatic N) is 2. The molecule has 0 atom stereocenters. The Bertz CT molecular complexity index is 271. The van der Waals surface area contributed by atoms with Gasteiger partial charge in [-0.1, -0.05) is 20.3 Å². The summed E-state index contributed by atoms with van der Waals surface area (Å²) in [6.07, 6.45) is 4.58. The van der Waals surface area contributed by atoms with E-state index in [1.54, 1.807) is 0 Å². The van der Waals surface area contributed by atoms with Crippen molar-refractivity contribution in [3.8, 4) is 0 Å². The molecule has 1 N–H and O–H groups in total. The zero-order valence-electron chi connectivity index (χ0n) is 10.0. The lowest BCUT2D eigenvalue weighted by Gasteiger charge is -2.07. The van der Waals surface area contributed by atoms with Gasteiger partial charge in [0.05, 0.1) is 0 Å². The van der Waals surface area contributed by atoms with E-state index in [-0.39, 0.29) is 0 Å². The summed E-state index contributed by atoms with van der Waals surface area (Å²) in [4.78, 5) is 8.79. The lowest BCUT2D eigenvalue weighted by atomic mass is 10.2. The number of anilines is 1. The number of aryl methyl sites for hydroxylation is 2. The van der Waals surface area contributed by atoms with Gasteiger partial charge in [-0.25, -0.2) is 9.97 Å². The topological polar surface area (TPSA) is 37.8 Å². The van der Waals surface area contributed by atoms with E-state index < -0.39 is 0 Å². The fourth-order valence-corrected chi connectivity index (χ4v) is 1.46. The highest BCUT2D eigenvalue weighted by atomic mass is 15.0. The second-order valence-electron chi connectivity index (χ2n) is 3.82. The predicted octanol–water partition coefficient (Wildman–Crippen LogP) is 2.95. The summed E-state index contributed by atoms with van der Waals surface area (Å²) in [6.45, 7) is 7.28. The van der Waals surface area contributed by atoms with Crippen molar-refractivity contribution < 1.29 is 0 Å². The molecule has 0 aliphatic rings. The Morgan fingerprint density at radius 1 is 1.20 bits per heavy atom. The third-order valence-corrected chi connectivity index (χ3v) is 2.23. The Hall–Kier alpha value is -1.12. The van der Waals surface area contributed by atoms with Gasteiger partial charge in [-0.15, -0.1) is 0 Å². The number of unbranched alkanes of at least 4 members (excludes halogenated alkanes) is 1. The smallest absolute Gasteiger partial charge is 0.129 e. The van der Waals surface area contributed by atoms with E-state index in [4.69, 9.17) is 0 Å². The fraction of sp³-hybridized carbons (Fsp3) is 0.667. The molecule has 1 aromatic rings. The van der Waals surface area contributed by atoms with Gasteiger partial charge in [0, 0.05) is 18.3 Å². The summed E-state index contributed by atoms with van der Waals surface area (Å²) in [7, 11) is 0. The van der Waals surface area contributed by atoms with Crippen LogP contribution in [-0.4, -0.2) is 16.5 Å². The predicted molar refractivity (Wildman–Crippen MR) is 64.2 cm³/mol. The quantitative estimate of drug-likeness (QED) is 0.779. The minimum Gasteiger partial charge on any atom is -0.370 e. The van der Waals surface area contributed by atoms with Gasteiger partial charge in [0.1, 0.15) is 11.6 Å². The maximum Gasteiger partial charge on any atom is 0.129 e. The van der Waals surface area contributed by atoms with Crippen LogP contribution < -0.4 is 5.32 Å². The molecule has 0 saturated carbocycles. The van der Waals surface area contributed by atoms with Crippen LogP contribution in [0.2, 0.25) is 0 Å². The van der Waals surface area contributed by atoms with E-state index in [1.165, 1.54) is 12.8 Å². The van der Waals surface area contributed by atoms with Crippen LogP contribution in [0, 0.1) is 6.92 Å². The van der Waals surface area contributed by atoms with Crippen molar-refractivity contribution in [2.45, 2.75) is 46.5 Å². The zero-order valence-corrected chi connectivity index (χ0v) is 10.0. The lowest BCUT2D eigenvalue weighted by molar-refractivity contribution is 0.768. The van der Waals surface area contributed by atoms with Gasteiger partial charge in [-0.05, 0) is 26.2 Å². The molecule has 1 rings (SSSR count). The molecular weight excluding hydrogens is 186 g/mol. The lowest BCUT2D eigenvalue weighted by Crippen LogP contribution is -2.05. The van der Waals surface area contributed by atoms with Crippen molar-refractivity contribution >= 4 is 5.82 Å². The molecule has 3 nitrogen and oxygen atoms in total. The van der Waals surface area contributed by atoms with Crippen LogP contribution in [0.3, 0.4) is 0 Å². The van der Waals surface area contributed by atoms with E-state index in [1.807, 2.05) is 6.92 Å². The minimum absolute atomic E-state index is 0.863. The molecule has 0 saturated heterocycles. The number of hydrogen-bond acceptors (Lipinski definition) is 3. The summed E-state index contributed by atoms with van der Waals surface area (Å²) in [5, 5.41) is 3.30. The molecule has 84 valence electrons. The molecule has 0 amide bonds. The van der Waals surface area contributed by atoms with E-state index in [0.29, 0.717) is 0 Å². The Morgan fingerprint density at radius 2 is 2.00 bits per heavy atom. The van der Waals surface area contributed by atoms with Crippen LogP contribution in [0.5, 0.6) is 0 Å². The summed E-state index contributed by atoms with van der Waals surface area (Å²) >= 11 is 0. The molecule has 15 heavy (non-hydrogen) atoms. The Kier molecular flexibility index (Phi) is 5.08. The van der Waals surface area contributed by atoms with E-state index in [9.17, 15) is 0 Å². The molecule has 1 heterocycles. The monoisotopic (exact) mass is 207 g/mol. The molecule has 0 fully saturated rings. The van der Waals surface area contributed by atoms with Gasteiger partial charge in [0.25, 0.3) is 0 Å². The molecule has 0 aliphatic carbocycles. The summed E-state index contributed by atoms with van der Waals surface area (Å²) in [5.74, 6) is 1.83. The van der Waals surface area contributed by atoms with Crippen molar-refractivity contribution in [2.75, 3.05) is 11.9 Å². The molecule has 1 aromatic heterocycles. The maximum absolute atomic E-state index is 4.43. The molecule has 0 unspecified atom stereocenters. The first-order chi connectivity index (χ1) is 7.26. The largest absolute Gasteiger partial charge is 0.370 e. The minimum atomic E-state index is 0.863. The van der Waals surface area contributed by atoms with E-state index >= 15 is 0 Å². The maximum atomic E-state index is 4.43. The van der Waals surface area contributed by atoms with Crippen LogP contribution in [0.15, 0.2) is 6.07 Å². The van der Waals surface area contributed by atoms with Crippen molar-refractivity contribution in [2.24, 2.45) is 0 Å². The standard InChI is InChI=1S/C12H21N3/c1-4-6-7-11-9-12(13-8-5-2)15-10(3)14-11/h9H,4-8H2,1-3H3,(H,13,14,15). The van der Waals surface area contributed by atoms with Crippen molar-refractivity contribution in [1.82, 2.24) is 9.97 Å². The highest BCUT2D eigenvalue weighted by Crippen LogP contribution is 2.09. The van der Waals surface area contributed by atoms with Crippen LogP contribution in [0.4, 0.5) is 5.82 Å². The third kappa shape index (κ3) is 4.28. The van der Waals surface area contributed by atoms with Crippen LogP contribution in [0.25, 0.3) is 0 Å². The van der Waals surface area contributed by atoms with E-state index in [0.717, 1.165) is 36.7 Å². The highest BCUT2D eigenvalue weighted by molar-refractivity contribution is 5.35. The third-order valence-electron chi connectivity index (χ3n) is 2.23. The number of rotatable bonds is 6. The van der Waals surface area contributed by atoms with Crippen molar-refractivity contribution in [3.63, 3.8) is 0 Å². The Labute approximate surface area is 92.3 Å². The van der Waals surface area contributed by atoms with Gasteiger partial charge < -0.3 is 5.32 Å². The van der Waals surface area contributed by atoms with Gasteiger partial charge in [-0.3, -0.25) is 0 Å². The molecule has 0 radical (unpaired) electrons. The SMILES string of the molecule is CCCCc1cc(NCCC)nc(C)n1. The Balaban J connectivity index is 2.66. The zero-order chi connectivity index (χ0) is 11.1. The number of aromatic nitrogens is 2. The summed E-state index contributed by atoms with van der Waals surface area (Å²) in [5.41, 5.74) is 1.16. The first-order valence-corrected chi connectivity index (χ1v) is 5.84. The van der Waals surface area contributed by atoms with Crippen LogP contribution >= 0.6 is 0 Å². The second-order valence-corrected chi connectivity index (χ2v) is 3.82. The normalized spacial score (nSPS) is 10.3. The molecule has 0 aromatic carbocycles. The highest BCUT2D eigenvalue weighted by Gasteiger charge is 2.00. The van der Waals surface area contributed by atoms with Crippen molar-refractivity contribution in [3.05, 3.63) is 17.6 Å². The molecule has 0 bridgehead atoms. The Morgan fingerprint density at radius 3 is 2.67 bits per heavy atom. The van der Waals surface area contributed by atoms with E-state index in [2.05, 4.69) is 35.2 Å². The first-order valence-electron chi connectivity index (χ1n) is 5.84. The average Bonchev–Trinajstić information content (AvgIpc) is 2.23. The summed E-state index contributed by atoms with van der Waals surface area (Å²) in [6, 6.07) is 2.07. The van der Waals surface area contributed by atoms with Gasteiger partial charge in [0.15, 0.2) is 0 Å². The molecule has 0 aliphatic heterocycles. The second kappa shape index (κ2) is 6.38. The van der Waals surface area contributed by atoms with Gasteiger partial charge in [-0.2, -0.15) is 0 Å². The first kappa shape index (κ1) is 12.0. The fourth-order valence-electron chi connectivity index (χ4n) is 1.46. The summed E-state index contributed by atoms with van der Waals surface area (Å²) < 4.78 is 0. The molecule has 0 spiro atoms. The van der Waals surface area contributed by atoms with Crippen molar-refractivity contribution in [1.29, 1.82) is 0 Å².